The molecule has 1 heterocycles. The monoisotopic (exact) mass is 236 g/mol. The fraction of sp³-hybridized carbons (Fsp3) is 0.625. The van der Waals surface area contributed by atoms with Gasteiger partial charge in [-0.2, -0.15) is 13.2 Å². The van der Waals surface area contributed by atoms with Crippen LogP contribution in [0, 0.1) is 6.92 Å². The number of aromatic nitrogens is 3. The fourth-order valence-corrected chi connectivity index (χ4v) is 1.01. The quantitative estimate of drug-likeness (QED) is 0.855. The van der Waals surface area contributed by atoms with Gasteiger partial charge in [0.25, 0.3) is 5.91 Å². The zero-order valence-electron chi connectivity index (χ0n) is 8.80. The van der Waals surface area contributed by atoms with Crippen LogP contribution in [0.5, 0.6) is 0 Å². The second-order valence-corrected chi connectivity index (χ2v) is 3.34. The third-order valence-electron chi connectivity index (χ3n) is 1.87. The predicted molar refractivity (Wildman–Crippen MR) is 48.8 cm³/mol. The highest BCUT2D eigenvalue weighted by Gasteiger charge is 2.28. The van der Waals surface area contributed by atoms with Crippen molar-refractivity contribution in [2.24, 2.45) is 0 Å². The molecule has 0 fully saturated rings. The minimum absolute atomic E-state index is 0.123. The van der Waals surface area contributed by atoms with E-state index >= 15 is 0 Å². The van der Waals surface area contributed by atoms with Gasteiger partial charge in [0, 0.05) is 13.6 Å². The summed E-state index contributed by atoms with van der Waals surface area (Å²) < 4.78 is 35.7. The summed E-state index contributed by atoms with van der Waals surface area (Å²) in [4.78, 5) is 16.2. The minimum Gasteiger partial charge on any atom is -0.339 e. The molecule has 1 aromatic heterocycles. The summed E-state index contributed by atoms with van der Waals surface area (Å²) in [6.45, 7) is 1.19. The van der Waals surface area contributed by atoms with Gasteiger partial charge < -0.3 is 4.90 Å². The first-order valence-corrected chi connectivity index (χ1v) is 4.51. The Hall–Kier alpha value is -1.60. The molecule has 16 heavy (non-hydrogen) atoms. The van der Waals surface area contributed by atoms with Gasteiger partial charge in [-0.3, -0.25) is 9.89 Å². The van der Waals surface area contributed by atoms with Crippen molar-refractivity contribution in [1.29, 1.82) is 0 Å². The Balaban J connectivity index is 2.55. The zero-order valence-corrected chi connectivity index (χ0v) is 8.80. The number of H-pyrrole nitrogens is 1. The zero-order chi connectivity index (χ0) is 12.3. The molecular formula is C8H11F3N4O. The van der Waals surface area contributed by atoms with Gasteiger partial charge in [-0.05, 0) is 6.92 Å². The van der Waals surface area contributed by atoms with Crippen LogP contribution in [0.25, 0.3) is 0 Å². The van der Waals surface area contributed by atoms with Crippen LogP contribution in [0.4, 0.5) is 13.2 Å². The van der Waals surface area contributed by atoms with E-state index in [1.165, 1.54) is 7.05 Å². The van der Waals surface area contributed by atoms with Gasteiger partial charge in [0.05, 0.1) is 6.42 Å². The Bertz CT molecular complexity index is 374. The average Bonchev–Trinajstić information content (AvgIpc) is 2.59. The average molecular weight is 236 g/mol. The third-order valence-corrected chi connectivity index (χ3v) is 1.87. The first kappa shape index (κ1) is 12.5. The normalized spacial score (nSPS) is 11.6. The largest absolute Gasteiger partial charge is 0.390 e. The number of alkyl halides is 3. The molecule has 1 aromatic rings. The molecule has 90 valence electrons. The molecule has 5 nitrogen and oxygen atoms in total. The second kappa shape index (κ2) is 4.50. The van der Waals surface area contributed by atoms with Crippen LogP contribution in [0.1, 0.15) is 22.9 Å². The number of carbonyl (C=O) groups excluding carboxylic acids is 1. The Morgan fingerprint density at radius 3 is 2.56 bits per heavy atom. The minimum atomic E-state index is -4.27. The van der Waals surface area contributed by atoms with Crippen LogP contribution >= 0.6 is 0 Å². The number of carbonyl (C=O) groups is 1. The topological polar surface area (TPSA) is 61.9 Å². The third kappa shape index (κ3) is 3.52. The SMILES string of the molecule is Cc1nc(C(=O)N(C)CCC(F)(F)F)n[nH]1. The lowest BCUT2D eigenvalue weighted by Gasteiger charge is -2.16. The number of rotatable bonds is 3. The number of aryl methyl sites for hydroxylation is 1. The Kier molecular flexibility index (Phi) is 3.51. The molecule has 1 rings (SSSR count). The Morgan fingerprint density at radius 1 is 1.50 bits per heavy atom. The maximum Gasteiger partial charge on any atom is 0.390 e. The number of nitrogens with one attached hydrogen (secondary N) is 1. The summed E-state index contributed by atoms with van der Waals surface area (Å²) >= 11 is 0. The molecule has 0 aliphatic rings. The van der Waals surface area contributed by atoms with Crippen molar-refractivity contribution >= 4 is 5.91 Å². The molecule has 1 N–H and O–H groups in total. The van der Waals surface area contributed by atoms with Gasteiger partial charge >= 0.3 is 6.18 Å². The molecule has 0 aromatic carbocycles. The number of aromatic amines is 1. The van der Waals surface area contributed by atoms with Crippen molar-refractivity contribution < 1.29 is 18.0 Å². The number of nitrogens with zero attached hydrogens (tertiary/aromatic N) is 3. The molecule has 0 spiro atoms. The van der Waals surface area contributed by atoms with E-state index < -0.39 is 25.0 Å². The first-order valence-electron chi connectivity index (χ1n) is 4.51. The van der Waals surface area contributed by atoms with Gasteiger partial charge in [0.2, 0.25) is 5.82 Å². The predicted octanol–water partition coefficient (Wildman–Crippen LogP) is 1.14. The van der Waals surface area contributed by atoms with E-state index in [4.69, 9.17) is 0 Å². The molecule has 0 aliphatic carbocycles. The van der Waals surface area contributed by atoms with Crippen molar-refractivity contribution in [1.82, 2.24) is 20.1 Å². The van der Waals surface area contributed by atoms with E-state index in [-0.39, 0.29) is 5.82 Å². The fourth-order valence-electron chi connectivity index (χ4n) is 1.01. The van der Waals surface area contributed by atoms with Crippen LogP contribution in [-0.4, -0.2) is 45.8 Å². The Labute approximate surface area is 89.7 Å². The number of hydrogen-bond donors (Lipinski definition) is 1. The molecule has 0 atom stereocenters. The molecule has 0 aliphatic heterocycles. The molecule has 0 saturated heterocycles. The van der Waals surface area contributed by atoms with Gasteiger partial charge in [0.15, 0.2) is 0 Å². The van der Waals surface area contributed by atoms with Crippen LogP contribution < -0.4 is 0 Å². The summed E-state index contributed by atoms with van der Waals surface area (Å²) in [6.07, 6.45) is -5.32. The molecule has 8 heteroatoms. The summed E-state index contributed by atoms with van der Waals surface area (Å²) in [6, 6.07) is 0. The van der Waals surface area contributed by atoms with Gasteiger partial charge in [-0.25, -0.2) is 4.98 Å². The van der Waals surface area contributed by atoms with E-state index in [1.54, 1.807) is 6.92 Å². The Morgan fingerprint density at radius 2 is 2.12 bits per heavy atom. The second-order valence-electron chi connectivity index (χ2n) is 3.34. The highest BCUT2D eigenvalue weighted by molar-refractivity contribution is 5.90. The van der Waals surface area contributed by atoms with E-state index in [0.29, 0.717) is 5.82 Å². The van der Waals surface area contributed by atoms with Crippen molar-refractivity contribution in [3.63, 3.8) is 0 Å². The number of halogens is 3. The lowest BCUT2D eigenvalue weighted by atomic mass is 10.3. The van der Waals surface area contributed by atoms with Crippen molar-refractivity contribution in [3.05, 3.63) is 11.6 Å². The van der Waals surface area contributed by atoms with Crippen LogP contribution in [0.3, 0.4) is 0 Å². The summed E-state index contributed by atoms with van der Waals surface area (Å²) in [5.74, 6) is -0.316. The summed E-state index contributed by atoms with van der Waals surface area (Å²) in [7, 11) is 1.28. The summed E-state index contributed by atoms with van der Waals surface area (Å²) in [5.41, 5.74) is 0. The number of amides is 1. The van der Waals surface area contributed by atoms with Crippen LogP contribution in [0.15, 0.2) is 0 Å². The molecule has 0 unspecified atom stereocenters. The van der Waals surface area contributed by atoms with E-state index in [9.17, 15) is 18.0 Å². The smallest absolute Gasteiger partial charge is 0.339 e. The highest BCUT2D eigenvalue weighted by atomic mass is 19.4. The van der Waals surface area contributed by atoms with Gasteiger partial charge in [-0.15, -0.1) is 5.10 Å². The van der Waals surface area contributed by atoms with Crippen LogP contribution in [-0.2, 0) is 0 Å². The summed E-state index contributed by atoms with van der Waals surface area (Å²) in [5, 5.41) is 6.02. The van der Waals surface area contributed by atoms with Crippen molar-refractivity contribution in [2.75, 3.05) is 13.6 Å². The molecule has 1 amide bonds. The number of hydrogen-bond acceptors (Lipinski definition) is 3. The van der Waals surface area contributed by atoms with E-state index in [2.05, 4.69) is 15.2 Å². The molecule has 0 saturated carbocycles. The van der Waals surface area contributed by atoms with E-state index in [0.717, 1.165) is 4.90 Å². The van der Waals surface area contributed by atoms with Crippen LogP contribution in [0.2, 0.25) is 0 Å². The molecule has 0 bridgehead atoms. The van der Waals surface area contributed by atoms with Crippen molar-refractivity contribution in [3.8, 4) is 0 Å². The van der Waals surface area contributed by atoms with Gasteiger partial charge in [-0.1, -0.05) is 0 Å². The molecule has 0 radical (unpaired) electrons. The van der Waals surface area contributed by atoms with Crippen molar-refractivity contribution in [2.45, 2.75) is 19.5 Å². The van der Waals surface area contributed by atoms with E-state index in [1.807, 2.05) is 0 Å². The molecular weight excluding hydrogens is 225 g/mol. The van der Waals surface area contributed by atoms with Gasteiger partial charge in [0.1, 0.15) is 5.82 Å². The lowest BCUT2D eigenvalue weighted by Crippen LogP contribution is -2.31. The first-order chi connectivity index (χ1) is 7.29. The standard InChI is InChI=1S/C8H11F3N4O/c1-5-12-6(14-13-5)7(16)15(2)4-3-8(9,10)11/h3-4H2,1-2H3,(H,12,13,14). The maximum absolute atomic E-state index is 11.9. The lowest BCUT2D eigenvalue weighted by molar-refractivity contribution is -0.136. The maximum atomic E-state index is 11.9. The highest BCUT2D eigenvalue weighted by Crippen LogP contribution is 2.19.